The average Bonchev–Trinajstić information content (AvgIpc) is 3.25. The number of carboxylic acids is 1. The highest BCUT2D eigenvalue weighted by atomic mass is 16.5. The van der Waals surface area contributed by atoms with E-state index in [1.54, 1.807) is 18.3 Å². The summed E-state index contributed by atoms with van der Waals surface area (Å²) >= 11 is 0. The van der Waals surface area contributed by atoms with Gasteiger partial charge in [-0.2, -0.15) is 0 Å². The number of pyridine rings is 1. The Morgan fingerprint density at radius 2 is 1.84 bits per heavy atom. The normalized spacial score (nSPS) is 13.0. The van der Waals surface area contributed by atoms with Crippen molar-refractivity contribution in [1.29, 1.82) is 0 Å². The lowest BCUT2D eigenvalue weighted by molar-refractivity contribution is -0.148. The van der Waals surface area contributed by atoms with Crippen molar-refractivity contribution >= 4 is 16.9 Å². The van der Waals surface area contributed by atoms with Crippen molar-refractivity contribution in [2.24, 2.45) is 5.92 Å². The van der Waals surface area contributed by atoms with Gasteiger partial charge in [-0.3, -0.25) is 4.98 Å². The van der Waals surface area contributed by atoms with Crippen LogP contribution in [0.5, 0.6) is 5.75 Å². The fourth-order valence-electron chi connectivity index (χ4n) is 3.93. The van der Waals surface area contributed by atoms with E-state index in [4.69, 9.17) is 9.15 Å². The largest absolute Gasteiger partial charge is 0.478 e. The molecule has 5 heteroatoms. The Labute approximate surface area is 187 Å². The molecular formula is C27H27NO4. The van der Waals surface area contributed by atoms with E-state index in [2.05, 4.69) is 11.9 Å². The van der Waals surface area contributed by atoms with Gasteiger partial charge in [0.15, 0.2) is 6.10 Å². The highest BCUT2D eigenvalue weighted by Gasteiger charge is 2.30. The topological polar surface area (TPSA) is 72.6 Å². The number of hydrogen-bond acceptors (Lipinski definition) is 4. The van der Waals surface area contributed by atoms with Crippen LogP contribution in [0.25, 0.3) is 22.3 Å². The summed E-state index contributed by atoms with van der Waals surface area (Å²) in [6.45, 7) is 2.10. The summed E-state index contributed by atoms with van der Waals surface area (Å²) in [6.07, 6.45) is 4.06. The molecule has 0 aliphatic rings. The third-order valence-electron chi connectivity index (χ3n) is 5.62. The molecule has 2 aromatic carbocycles. The van der Waals surface area contributed by atoms with E-state index in [-0.39, 0.29) is 5.92 Å². The Bertz CT molecular complexity index is 1120. The number of fused-ring (bicyclic) bond motifs is 1. The van der Waals surface area contributed by atoms with E-state index < -0.39 is 12.1 Å². The molecule has 4 rings (SSSR count). The average molecular weight is 430 g/mol. The monoisotopic (exact) mass is 429 g/mol. The number of rotatable bonds is 10. The fraction of sp³-hybridized carbons (Fsp3) is 0.259. The summed E-state index contributed by atoms with van der Waals surface area (Å²) in [5.41, 5.74) is 2.63. The van der Waals surface area contributed by atoms with E-state index in [0.717, 1.165) is 47.2 Å². The summed E-state index contributed by atoms with van der Waals surface area (Å²) in [5.74, 6) is 0.170. The summed E-state index contributed by atoms with van der Waals surface area (Å²) < 4.78 is 11.9. The molecule has 164 valence electrons. The Morgan fingerprint density at radius 3 is 2.53 bits per heavy atom. The first-order valence-electron chi connectivity index (χ1n) is 11.0. The molecule has 2 unspecified atom stereocenters. The second-order valence-corrected chi connectivity index (χ2v) is 7.98. The van der Waals surface area contributed by atoms with Crippen molar-refractivity contribution < 1.29 is 19.1 Å². The molecule has 2 aromatic heterocycles. The third-order valence-corrected chi connectivity index (χ3v) is 5.62. The van der Waals surface area contributed by atoms with Gasteiger partial charge in [0.2, 0.25) is 0 Å². The Kier molecular flexibility index (Phi) is 6.85. The van der Waals surface area contributed by atoms with Crippen LogP contribution in [-0.2, 0) is 11.2 Å². The predicted octanol–water partition coefficient (Wildman–Crippen LogP) is 6.38. The van der Waals surface area contributed by atoms with Crippen LogP contribution in [0.3, 0.4) is 0 Å². The van der Waals surface area contributed by atoms with Crippen LogP contribution in [0.1, 0.15) is 31.9 Å². The number of furan rings is 1. The zero-order chi connectivity index (χ0) is 22.3. The number of carbonyl (C=O) groups is 1. The Hall–Kier alpha value is -3.60. The van der Waals surface area contributed by atoms with Crippen LogP contribution < -0.4 is 4.74 Å². The lowest BCUT2D eigenvalue weighted by Gasteiger charge is -2.25. The number of para-hydroxylation sites is 1. The summed E-state index contributed by atoms with van der Waals surface area (Å²) in [6, 6.07) is 23.0. The van der Waals surface area contributed by atoms with Gasteiger partial charge in [-0.05, 0) is 61.4 Å². The maximum absolute atomic E-state index is 12.1. The maximum Gasteiger partial charge on any atom is 0.345 e. The Balaban J connectivity index is 1.52. The van der Waals surface area contributed by atoms with Crippen LogP contribution in [-0.4, -0.2) is 22.2 Å². The molecule has 0 saturated carbocycles. The standard InChI is InChI=1S/C27H27NO4/c1-2-3-8-21(17-22-10-6-7-16-28-22)26(27(29)30)31-23-14-12-19(13-15-23)25-18-20-9-4-5-11-24(20)32-25/h4-7,9-16,18,21,26H,2-3,8,17H2,1H3,(H,29,30). The lowest BCUT2D eigenvalue weighted by atomic mass is 9.90. The SMILES string of the molecule is CCCCC(Cc1ccccn1)C(Oc1ccc(-c2cc3ccccc3o2)cc1)C(=O)O. The van der Waals surface area contributed by atoms with E-state index in [0.29, 0.717) is 12.2 Å². The number of ether oxygens (including phenoxy) is 1. The number of unbranched alkanes of at least 4 members (excludes halogenated alkanes) is 1. The molecule has 0 radical (unpaired) electrons. The van der Waals surface area contributed by atoms with Crippen molar-refractivity contribution in [3.8, 4) is 17.1 Å². The van der Waals surface area contributed by atoms with Crippen LogP contribution in [0.4, 0.5) is 0 Å². The number of aliphatic carboxylic acids is 1. The van der Waals surface area contributed by atoms with Crippen LogP contribution in [0.2, 0.25) is 0 Å². The molecule has 0 fully saturated rings. The van der Waals surface area contributed by atoms with Crippen molar-refractivity contribution in [1.82, 2.24) is 4.98 Å². The summed E-state index contributed by atoms with van der Waals surface area (Å²) in [5, 5.41) is 11.0. The van der Waals surface area contributed by atoms with E-state index in [1.165, 1.54) is 0 Å². The molecule has 5 nitrogen and oxygen atoms in total. The van der Waals surface area contributed by atoms with Crippen molar-refractivity contribution in [3.63, 3.8) is 0 Å². The quantitative estimate of drug-likeness (QED) is 0.317. The number of nitrogens with zero attached hydrogens (tertiary/aromatic N) is 1. The highest BCUT2D eigenvalue weighted by molar-refractivity contribution is 5.82. The molecule has 0 aliphatic heterocycles. The van der Waals surface area contributed by atoms with Gasteiger partial charge < -0.3 is 14.3 Å². The minimum atomic E-state index is -0.955. The molecule has 4 aromatic rings. The van der Waals surface area contributed by atoms with Crippen LogP contribution in [0.15, 0.2) is 83.4 Å². The van der Waals surface area contributed by atoms with Gasteiger partial charge in [-0.15, -0.1) is 0 Å². The van der Waals surface area contributed by atoms with Gasteiger partial charge in [-0.1, -0.05) is 44.0 Å². The third kappa shape index (κ3) is 5.17. The molecule has 0 amide bonds. The first-order chi connectivity index (χ1) is 15.6. The number of benzene rings is 2. The Morgan fingerprint density at radius 1 is 1.06 bits per heavy atom. The molecule has 2 atom stereocenters. The second-order valence-electron chi connectivity index (χ2n) is 7.98. The zero-order valence-corrected chi connectivity index (χ0v) is 18.1. The smallest absolute Gasteiger partial charge is 0.345 e. The molecule has 0 aliphatic carbocycles. The van der Waals surface area contributed by atoms with E-state index in [1.807, 2.05) is 60.7 Å². The van der Waals surface area contributed by atoms with Crippen molar-refractivity contribution in [2.75, 3.05) is 0 Å². The van der Waals surface area contributed by atoms with Gasteiger partial charge in [-0.25, -0.2) is 4.79 Å². The first-order valence-corrected chi connectivity index (χ1v) is 11.0. The van der Waals surface area contributed by atoms with Gasteiger partial charge in [0, 0.05) is 28.8 Å². The minimum absolute atomic E-state index is 0.169. The molecule has 0 spiro atoms. The molecule has 32 heavy (non-hydrogen) atoms. The maximum atomic E-state index is 12.1. The van der Waals surface area contributed by atoms with Gasteiger partial charge in [0.05, 0.1) is 0 Å². The van der Waals surface area contributed by atoms with Gasteiger partial charge in [0.25, 0.3) is 0 Å². The molecule has 0 saturated heterocycles. The van der Waals surface area contributed by atoms with Gasteiger partial charge >= 0.3 is 5.97 Å². The number of hydrogen-bond donors (Lipinski definition) is 1. The summed E-state index contributed by atoms with van der Waals surface area (Å²) in [4.78, 5) is 16.5. The van der Waals surface area contributed by atoms with Gasteiger partial charge in [0.1, 0.15) is 17.1 Å². The van der Waals surface area contributed by atoms with Crippen molar-refractivity contribution in [3.05, 3.63) is 84.7 Å². The fourth-order valence-corrected chi connectivity index (χ4v) is 3.93. The second kappa shape index (κ2) is 10.1. The zero-order valence-electron chi connectivity index (χ0n) is 18.1. The van der Waals surface area contributed by atoms with Crippen molar-refractivity contribution in [2.45, 2.75) is 38.7 Å². The molecular weight excluding hydrogens is 402 g/mol. The first kappa shape index (κ1) is 21.6. The molecule has 0 bridgehead atoms. The number of aromatic nitrogens is 1. The highest BCUT2D eigenvalue weighted by Crippen LogP contribution is 2.30. The summed E-state index contributed by atoms with van der Waals surface area (Å²) in [7, 11) is 0. The van der Waals surface area contributed by atoms with E-state index in [9.17, 15) is 9.90 Å². The van der Waals surface area contributed by atoms with Crippen LogP contribution >= 0.6 is 0 Å². The van der Waals surface area contributed by atoms with E-state index >= 15 is 0 Å². The lowest BCUT2D eigenvalue weighted by Crippen LogP contribution is -2.36. The minimum Gasteiger partial charge on any atom is -0.478 e. The molecule has 2 heterocycles. The molecule has 1 N–H and O–H groups in total. The van der Waals surface area contributed by atoms with Crippen LogP contribution in [0, 0.1) is 5.92 Å². The predicted molar refractivity (Wildman–Crippen MR) is 125 cm³/mol. The number of carboxylic acid groups (broad SMARTS) is 1.